The summed E-state index contributed by atoms with van der Waals surface area (Å²) in [6, 6.07) is 15.7. The van der Waals surface area contributed by atoms with Gasteiger partial charge < -0.3 is 15.5 Å². The van der Waals surface area contributed by atoms with Gasteiger partial charge in [-0.25, -0.2) is 0 Å². The smallest absolute Gasteiger partial charge is 0.229 e. The lowest BCUT2D eigenvalue weighted by Crippen LogP contribution is -2.42. The van der Waals surface area contributed by atoms with E-state index in [1.165, 1.54) is 5.56 Å². The molecule has 0 bridgehead atoms. The molecule has 0 spiro atoms. The van der Waals surface area contributed by atoms with Crippen molar-refractivity contribution in [1.82, 2.24) is 4.90 Å². The first-order valence-electron chi connectivity index (χ1n) is 9.28. The number of aryl methyl sites for hydroxylation is 1. The van der Waals surface area contributed by atoms with E-state index in [-0.39, 0.29) is 29.7 Å². The standard InChI is InChI=1S/C22H27N3O2/c1-15-9-11-17(12-10-15)23-18-7-5-6-8-19(18)24-21(27)16-13-20(26)25(14-16)22(2,3)4/h5-12,16,23H,13-14H2,1-4H3,(H,24,27). The topological polar surface area (TPSA) is 61.4 Å². The Kier molecular flexibility index (Phi) is 5.22. The first-order chi connectivity index (χ1) is 12.7. The maximum Gasteiger partial charge on any atom is 0.229 e. The second-order valence-electron chi connectivity index (χ2n) is 8.10. The van der Waals surface area contributed by atoms with Crippen molar-refractivity contribution in [2.24, 2.45) is 5.92 Å². The highest BCUT2D eigenvalue weighted by molar-refractivity contribution is 5.99. The van der Waals surface area contributed by atoms with Gasteiger partial charge in [-0.2, -0.15) is 0 Å². The summed E-state index contributed by atoms with van der Waals surface area (Å²) in [5.41, 5.74) is 3.42. The summed E-state index contributed by atoms with van der Waals surface area (Å²) in [7, 11) is 0. The van der Waals surface area contributed by atoms with Gasteiger partial charge in [-0.1, -0.05) is 29.8 Å². The zero-order valence-electron chi connectivity index (χ0n) is 16.4. The number of benzene rings is 2. The highest BCUT2D eigenvalue weighted by Gasteiger charge is 2.39. The Hall–Kier alpha value is -2.82. The summed E-state index contributed by atoms with van der Waals surface area (Å²) < 4.78 is 0. The third-order valence-electron chi connectivity index (χ3n) is 4.82. The maximum atomic E-state index is 12.8. The summed E-state index contributed by atoms with van der Waals surface area (Å²) >= 11 is 0. The van der Waals surface area contributed by atoms with Crippen LogP contribution in [0.25, 0.3) is 0 Å². The molecule has 5 nitrogen and oxygen atoms in total. The van der Waals surface area contributed by atoms with E-state index in [1.54, 1.807) is 4.90 Å². The fraction of sp³-hybridized carbons (Fsp3) is 0.364. The van der Waals surface area contributed by atoms with Gasteiger partial charge in [0.2, 0.25) is 11.8 Å². The number of hydrogen-bond donors (Lipinski definition) is 2. The molecular formula is C22H27N3O2. The van der Waals surface area contributed by atoms with E-state index in [2.05, 4.69) is 10.6 Å². The van der Waals surface area contributed by atoms with Gasteiger partial charge in [0.15, 0.2) is 0 Å². The molecule has 2 aromatic carbocycles. The van der Waals surface area contributed by atoms with Crippen LogP contribution >= 0.6 is 0 Å². The average Bonchev–Trinajstić information content (AvgIpc) is 3.01. The Bertz CT molecular complexity index is 837. The summed E-state index contributed by atoms with van der Waals surface area (Å²) in [6.07, 6.45) is 0.261. The number of likely N-dealkylation sites (tertiary alicyclic amines) is 1. The zero-order chi connectivity index (χ0) is 19.6. The predicted molar refractivity (Wildman–Crippen MR) is 109 cm³/mol. The normalized spacial score (nSPS) is 17.1. The summed E-state index contributed by atoms with van der Waals surface area (Å²) in [5, 5.41) is 6.34. The van der Waals surface area contributed by atoms with Crippen LogP contribution in [0.3, 0.4) is 0 Å². The molecule has 1 saturated heterocycles. The first-order valence-corrected chi connectivity index (χ1v) is 9.28. The molecule has 2 amide bonds. The molecule has 5 heteroatoms. The van der Waals surface area contributed by atoms with Crippen LogP contribution in [0, 0.1) is 12.8 Å². The highest BCUT2D eigenvalue weighted by atomic mass is 16.2. The Morgan fingerprint density at radius 1 is 1.04 bits per heavy atom. The number of hydrogen-bond acceptors (Lipinski definition) is 3. The Labute approximate surface area is 160 Å². The van der Waals surface area contributed by atoms with Crippen LogP contribution in [0.1, 0.15) is 32.8 Å². The fourth-order valence-corrected chi connectivity index (χ4v) is 3.26. The minimum atomic E-state index is -0.329. The SMILES string of the molecule is Cc1ccc(Nc2ccccc2NC(=O)C2CC(=O)N(C(C)(C)C)C2)cc1. The quantitative estimate of drug-likeness (QED) is 0.848. The zero-order valence-corrected chi connectivity index (χ0v) is 16.4. The molecule has 1 atom stereocenters. The van der Waals surface area contributed by atoms with E-state index in [0.717, 1.165) is 11.4 Å². The molecule has 0 aliphatic carbocycles. The van der Waals surface area contributed by atoms with Gasteiger partial charge in [-0.3, -0.25) is 9.59 Å². The van der Waals surface area contributed by atoms with Gasteiger partial charge in [0, 0.05) is 24.2 Å². The molecular weight excluding hydrogens is 338 g/mol. The Morgan fingerprint density at radius 2 is 1.67 bits per heavy atom. The molecule has 142 valence electrons. The van der Waals surface area contributed by atoms with Crippen LogP contribution < -0.4 is 10.6 Å². The van der Waals surface area contributed by atoms with Crippen molar-refractivity contribution in [2.45, 2.75) is 39.7 Å². The van der Waals surface area contributed by atoms with Gasteiger partial charge in [-0.15, -0.1) is 0 Å². The van der Waals surface area contributed by atoms with Crippen molar-refractivity contribution in [1.29, 1.82) is 0 Å². The van der Waals surface area contributed by atoms with Crippen LogP contribution in [-0.2, 0) is 9.59 Å². The highest BCUT2D eigenvalue weighted by Crippen LogP contribution is 2.29. The second kappa shape index (κ2) is 7.43. The number of anilines is 3. The van der Waals surface area contributed by atoms with Gasteiger partial charge in [-0.05, 0) is 52.0 Å². The predicted octanol–water partition coefficient (Wildman–Crippen LogP) is 4.32. The third-order valence-corrected chi connectivity index (χ3v) is 4.82. The molecule has 1 unspecified atom stereocenters. The number of para-hydroxylation sites is 2. The molecule has 1 aliphatic heterocycles. The van der Waals surface area contributed by atoms with Crippen molar-refractivity contribution < 1.29 is 9.59 Å². The lowest BCUT2D eigenvalue weighted by atomic mass is 10.1. The van der Waals surface area contributed by atoms with Crippen molar-refractivity contribution in [3.05, 3.63) is 54.1 Å². The number of carbonyl (C=O) groups excluding carboxylic acids is 2. The maximum absolute atomic E-state index is 12.8. The lowest BCUT2D eigenvalue weighted by molar-refractivity contribution is -0.131. The van der Waals surface area contributed by atoms with Crippen LogP contribution in [0.15, 0.2) is 48.5 Å². The average molecular weight is 365 g/mol. The van der Waals surface area contributed by atoms with E-state index >= 15 is 0 Å². The van der Waals surface area contributed by atoms with Crippen molar-refractivity contribution in [2.75, 3.05) is 17.2 Å². The minimum Gasteiger partial charge on any atom is -0.354 e. The van der Waals surface area contributed by atoms with Gasteiger partial charge in [0.25, 0.3) is 0 Å². The number of rotatable bonds is 4. The van der Waals surface area contributed by atoms with E-state index in [4.69, 9.17) is 0 Å². The summed E-state index contributed by atoms with van der Waals surface area (Å²) in [6.45, 7) is 8.48. The molecule has 27 heavy (non-hydrogen) atoms. The van der Waals surface area contributed by atoms with Crippen molar-refractivity contribution >= 4 is 28.9 Å². The number of carbonyl (C=O) groups is 2. The van der Waals surface area contributed by atoms with E-state index < -0.39 is 0 Å². The monoisotopic (exact) mass is 365 g/mol. The van der Waals surface area contributed by atoms with Crippen molar-refractivity contribution in [3.63, 3.8) is 0 Å². The van der Waals surface area contributed by atoms with Crippen molar-refractivity contribution in [3.8, 4) is 0 Å². The first kappa shape index (κ1) is 19.0. The van der Waals surface area contributed by atoms with Crippen LogP contribution in [0.2, 0.25) is 0 Å². The third kappa shape index (κ3) is 4.48. The number of amides is 2. The molecule has 2 aromatic rings. The Morgan fingerprint density at radius 3 is 2.26 bits per heavy atom. The molecule has 3 rings (SSSR count). The lowest BCUT2D eigenvalue weighted by Gasteiger charge is -2.32. The van der Waals surface area contributed by atoms with Gasteiger partial charge in [0.05, 0.1) is 17.3 Å². The van der Waals surface area contributed by atoms with Gasteiger partial charge in [0.1, 0.15) is 0 Å². The largest absolute Gasteiger partial charge is 0.354 e. The second-order valence-corrected chi connectivity index (χ2v) is 8.10. The number of nitrogens with one attached hydrogen (secondary N) is 2. The van der Waals surface area contributed by atoms with Crippen LogP contribution in [0.4, 0.5) is 17.1 Å². The fourth-order valence-electron chi connectivity index (χ4n) is 3.26. The van der Waals surface area contributed by atoms with Gasteiger partial charge >= 0.3 is 0 Å². The molecule has 1 heterocycles. The van der Waals surface area contributed by atoms with E-state index in [9.17, 15) is 9.59 Å². The summed E-state index contributed by atoms with van der Waals surface area (Å²) in [4.78, 5) is 26.8. The van der Waals surface area contributed by atoms with Crippen LogP contribution in [-0.4, -0.2) is 28.8 Å². The molecule has 0 aromatic heterocycles. The molecule has 1 aliphatic rings. The minimum absolute atomic E-state index is 0.0358. The molecule has 2 N–H and O–H groups in total. The molecule has 0 radical (unpaired) electrons. The summed E-state index contributed by atoms with van der Waals surface area (Å²) in [5.74, 6) is -0.411. The van der Waals surface area contributed by atoms with E-state index in [0.29, 0.717) is 12.2 Å². The molecule has 1 fully saturated rings. The van der Waals surface area contributed by atoms with Crippen LogP contribution in [0.5, 0.6) is 0 Å². The Balaban J connectivity index is 1.72. The molecule has 0 saturated carbocycles. The number of nitrogens with zero attached hydrogens (tertiary/aromatic N) is 1. The van der Waals surface area contributed by atoms with E-state index in [1.807, 2.05) is 76.2 Å².